The number of anilines is 1. The van der Waals surface area contributed by atoms with Crippen LogP contribution in [0.15, 0.2) is 24.3 Å². The number of nitrogen functional groups attached to an aromatic ring is 1. The molecule has 2 aromatic rings. The van der Waals surface area contributed by atoms with E-state index in [0.717, 1.165) is 5.56 Å². The molecular formula is C11H12ClN5O2. The summed E-state index contributed by atoms with van der Waals surface area (Å²) in [5.41, 5.74) is 3.24. The number of benzene rings is 1. The fourth-order valence-electron chi connectivity index (χ4n) is 1.29. The molecule has 0 aliphatic heterocycles. The maximum Gasteiger partial charge on any atom is 0.324 e. The molecule has 7 nitrogen and oxygen atoms in total. The van der Waals surface area contributed by atoms with Gasteiger partial charge in [0.1, 0.15) is 6.61 Å². The van der Waals surface area contributed by atoms with Gasteiger partial charge in [0.2, 0.25) is 5.95 Å². The lowest BCUT2D eigenvalue weighted by Gasteiger charge is -2.07. The van der Waals surface area contributed by atoms with E-state index in [1.165, 1.54) is 7.11 Å². The highest BCUT2D eigenvalue weighted by Crippen LogP contribution is 2.14. The number of nitrogens with one attached hydrogen (secondary N) is 1. The standard InChI is InChI=1S/C11H12ClN5O2/c1-18-10-14-9(17-13)15-11(16-10)19-6-7-2-4-8(12)5-3-7/h2-5H,6,13H2,1H3,(H,14,15,16,17). The van der Waals surface area contributed by atoms with E-state index in [1.807, 2.05) is 12.1 Å². The van der Waals surface area contributed by atoms with Crippen molar-refractivity contribution in [1.82, 2.24) is 15.0 Å². The van der Waals surface area contributed by atoms with Gasteiger partial charge >= 0.3 is 12.0 Å². The van der Waals surface area contributed by atoms with Gasteiger partial charge in [-0.1, -0.05) is 23.7 Å². The van der Waals surface area contributed by atoms with E-state index in [0.29, 0.717) is 11.6 Å². The lowest BCUT2D eigenvalue weighted by molar-refractivity contribution is 0.271. The SMILES string of the molecule is COc1nc(NN)nc(OCc2ccc(Cl)cc2)n1. The first-order valence-corrected chi connectivity index (χ1v) is 5.73. The second-order valence-corrected chi connectivity index (χ2v) is 3.92. The molecule has 1 aromatic heterocycles. The molecule has 0 aliphatic rings. The zero-order chi connectivity index (χ0) is 13.7. The van der Waals surface area contributed by atoms with Crippen LogP contribution in [0.5, 0.6) is 12.0 Å². The Morgan fingerprint density at radius 1 is 1.16 bits per heavy atom. The number of hydrogen-bond donors (Lipinski definition) is 2. The highest BCUT2D eigenvalue weighted by molar-refractivity contribution is 6.30. The lowest BCUT2D eigenvalue weighted by Crippen LogP contribution is -2.13. The first kappa shape index (κ1) is 13.3. The Labute approximate surface area is 114 Å². The Balaban J connectivity index is 2.08. The molecule has 2 rings (SSSR count). The molecule has 0 atom stereocenters. The second kappa shape index (κ2) is 6.17. The van der Waals surface area contributed by atoms with Crippen molar-refractivity contribution in [3.8, 4) is 12.0 Å². The fourth-order valence-corrected chi connectivity index (χ4v) is 1.41. The number of hydrogen-bond acceptors (Lipinski definition) is 7. The lowest BCUT2D eigenvalue weighted by atomic mass is 10.2. The average molecular weight is 282 g/mol. The molecule has 0 fully saturated rings. The van der Waals surface area contributed by atoms with Gasteiger partial charge in [-0.2, -0.15) is 9.97 Å². The van der Waals surface area contributed by atoms with Crippen LogP contribution in [0.3, 0.4) is 0 Å². The van der Waals surface area contributed by atoms with Crippen molar-refractivity contribution < 1.29 is 9.47 Å². The van der Waals surface area contributed by atoms with Crippen LogP contribution >= 0.6 is 11.6 Å². The van der Waals surface area contributed by atoms with E-state index >= 15 is 0 Å². The van der Waals surface area contributed by atoms with E-state index in [2.05, 4.69) is 20.4 Å². The van der Waals surface area contributed by atoms with Crippen LogP contribution in [0.1, 0.15) is 5.56 Å². The van der Waals surface area contributed by atoms with Gasteiger partial charge in [-0.25, -0.2) is 5.84 Å². The molecule has 0 unspecified atom stereocenters. The maximum absolute atomic E-state index is 5.80. The number of hydrazine groups is 1. The fraction of sp³-hybridized carbons (Fsp3) is 0.182. The normalized spacial score (nSPS) is 10.1. The summed E-state index contributed by atoms with van der Waals surface area (Å²) in [5.74, 6) is 5.40. The summed E-state index contributed by atoms with van der Waals surface area (Å²) in [5, 5.41) is 0.667. The molecule has 100 valence electrons. The Hall–Kier alpha value is -2.12. The third-order valence-corrected chi connectivity index (χ3v) is 2.44. The minimum Gasteiger partial charge on any atom is -0.467 e. The molecule has 0 spiro atoms. The van der Waals surface area contributed by atoms with Gasteiger partial charge in [0.05, 0.1) is 7.11 Å². The number of nitrogens with two attached hydrogens (primary N) is 1. The van der Waals surface area contributed by atoms with Crippen molar-refractivity contribution >= 4 is 17.5 Å². The molecule has 0 bridgehead atoms. The summed E-state index contributed by atoms with van der Waals surface area (Å²) < 4.78 is 10.3. The largest absolute Gasteiger partial charge is 0.467 e. The number of aromatic nitrogens is 3. The van der Waals surface area contributed by atoms with Gasteiger partial charge < -0.3 is 9.47 Å². The number of rotatable bonds is 5. The van der Waals surface area contributed by atoms with Crippen LogP contribution in [-0.4, -0.2) is 22.1 Å². The smallest absolute Gasteiger partial charge is 0.324 e. The Morgan fingerprint density at radius 2 is 1.84 bits per heavy atom. The van der Waals surface area contributed by atoms with Crippen molar-refractivity contribution in [3.05, 3.63) is 34.9 Å². The predicted molar refractivity (Wildman–Crippen MR) is 70.0 cm³/mol. The summed E-state index contributed by atoms with van der Waals surface area (Å²) in [7, 11) is 1.44. The average Bonchev–Trinajstić information content (AvgIpc) is 2.46. The van der Waals surface area contributed by atoms with Crippen molar-refractivity contribution in [2.45, 2.75) is 6.61 Å². The van der Waals surface area contributed by atoms with Crippen LogP contribution in [0, 0.1) is 0 Å². The van der Waals surface area contributed by atoms with E-state index in [4.69, 9.17) is 26.9 Å². The third kappa shape index (κ3) is 3.67. The zero-order valence-electron chi connectivity index (χ0n) is 10.1. The van der Waals surface area contributed by atoms with E-state index in [-0.39, 0.29) is 18.0 Å². The van der Waals surface area contributed by atoms with Gasteiger partial charge in [-0.05, 0) is 17.7 Å². The van der Waals surface area contributed by atoms with Crippen LogP contribution < -0.4 is 20.7 Å². The van der Waals surface area contributed by atoms with Gasteiger partial charge in [0.15, 0.2) is 0 Å². The second-order valence-electron chi connectivity index (χ2n) is 3.49. The Kier molecular flexibility index (Phi) is 4.32. The van der Waals surface area contributed by atoms with Gasteiger partial charge in [-0.15, -0.1) is 4.98 Å². The number of halogens is 1. The topological polar surface area (TPSA) is 95.2 Å². The van der Waals surface area contributed by atoms with Crippen LogP contribution in [-0.2, 0) is 6.61 Å². The summed E-state index contributed by atoms with van der Waals surface area (Å²) >= 11 is 5.80. The minimum atomic E-state index is 0.119. The number of ether oxygens (including phenoxy) is 2. The summed E-state index contributed by atoms with van der Waals surface area (Å²) in [4.78, 5) is 11.7. The highest BCUT2D eigenvalue weighted by atomic mass is 35.5. The number of nitrogens with zero attached hydrogens (tertiary/aromatic N) is 3. The van der Waals surface area contributed by atoms with Crippen molar-refractivity contribution in [2.24, 2.45) is 5.84 Å². The first-order chi connectivity index (χ1) is 9.21. The molecule has 19 heavy (non-hydrogen) atoms. The van der Waals surface area contributed by atoms with E-state index in [1.54, 1.807) is 12.1 Å². The van der Waals surface area contributed by atoms with Crippen LogP contribution in [0.2, 0.25) is 5.02 Å². The maximum atomic E-state index is 5.80. The van der Waals surface area contributed by atoms with Gasteiger partial charge in [0, 0.05) is 5.02 Å². The molecule has 0 amide bonds. The molecule has 0 radical (unpaired) electrons. The van der Waals surface area contributed by atoms with Gasteiger partial charge in [-0.3, -0.25) is 5.43 Å². The summed E-state index contributed by atoms with van der Waals surface area (Å²) in [6.45, 7) is 0.300. The van der Waals surface area contributed by atoms with Gasteiger partial charge in [0.25, 0.3) is 0 Å². The molecule has 3 N–H and O–H groups in total. The summed E-state index contributed by atoms with van der Waals surface area (Å²) in [6.07, 6.45) is 0. The molecule has 1 heterocycles. The summed E-state index contributed by atoms with van der Waals surface area (Å²) in [6, 6.07) is 7.50. The molecular weight excluding hydrogens is 270 g/mol. The van der Waals surface area contributed by atoms with Crippen molar-refractivity contribution in [1.29, 1.82) is 0 Å². The molecule has 0 saturated heterocycles. The van der Waals surface area contributed by atoms with E-state index < -0.39 is 0 Å². The van der Waals surface area contributed by atoms with Crippen LogP contribution in [0.4, 0.5) is 5.95 Å². The third-order valence-electron chi connectivity index (χ3n) is 2.19. The quantitative estimate of drug-likeness (QED) is 0.632. The molecule has 8 heteroatoms. The molecule has 0 saturated carbocycles. The monoisotopic (exact) mass is 281 g/mol. The molecule has 0 aliphatic carbocycles. The van der Waals surface area contributed by atoms with Crippen LogP contribution in [0.25, 0.3) is 0 Å². The molecule has 1 aromatic carbocycles. The highest BCUT2D eigenvalue weighted by Gasteiger charge is 2.07. The minimum absolute atomic E-state index is 0.119. The Bertz CT molecular complexity index is 527. The van der Waals surface area contributed by atoms with Crippen molar-refractivity contribution in [3.63, 3.8) is 0 Å². The predicted octanol–water partition coefficient (Wildman–Crippen LogP) is 1.40. The zero-order valence-corrected chi connectivity index (χ0v) is 10.9. The van der Waals surface area contributed by atoms with Crippen molar-refractivity contribution in [2.75, 3.05) is 12.5 Å². The number of methoxy groups -OCH3 is 1. The Morgan fingerprint density at radius 3 is 2.47 bits per heavy atom. The first-order valence-electron chi connectivity index (χ1n) is 5.35. The van der Waals surface area contributed by atoms with E-state index in [9.17, 15) is 0 Å².